The first kappa shape index (κ1) is 35.0. The van der Waals surface area contributed by atoms with Gasteiger partial charge in [0, 0.05) is 30.5 Å². The van der Waals surface area contributed by atoms with E-state index in [4.69, 9.17) is 0 Å². The molecule has 0 N–H and O–H groups in total. The molecule has 0 fully saturated rings. The highest BCUT2D eigenvalue weighted by Crippen LogP contribution is 2.56. The van der Waals surface area contributed by atoms with E-state index in [0.717, 1.165) is 33.0 Å². The highest BCUT2D eigenvalue weighted by atomic mass is 32.1. The predicted octanol–water partition coefficient (Wildman–Crippen LogP) is 12.5. The van der Waals surface area contributed by atoms with E-state index in [1.807, 2.05) is 12.1 Å². The highest BCUT2D eigenvalue weighted by molar-refractivity contribution is 7.16. The molecule has 0 unspecified atom stereocenters. The first-order valence-electron chi connectivity index (χ1n) is 18.4. The first-order chi connectivity index (χ1) is 24.8. The van der Waals surface area contributed by atoms with E-state index >= 15 is 0 Å². The van der Waals surface area contributed by atoms with E-state index < -0.39 is 0 Å². The third kappa shape index (κ3) is 6.94. The summed E-state index contributed by atoms with van der Waals surface area (Å²) in [5.74, 6) is -0.417. The molecule has 0 radical (unpaired) electrons. The van der Waals surface area contributed by atoms with E-state index in [2.05, 4.69) is 75.0 Å². The van der Waals surface area contributed by atoms with Crippen LogP contribution in [0, 0.1) is 0 Å². The minimum Gasteiger partial charge on any atom is -0.289 e. The molecule has 3 nitrogen and oxygen atoms in total. The SMILES string of the molecule is C=C1C=CC(=O)/C1=C\c1ccc(-c2ccc3c(c2)C(CCCCCC)(CCCCCC)c2cc(-c4ccc(C=C5C(=O)C=CC5=O)s4)ccc2-3)s1. The fourth-order valence-corrected chi connectivity index (χ4v) is 9.80. The van der Waals surface area contributed by atoms with E-state index in [0.29, 0.717) is 5.57 Å². The van der Waals surface area contributed by atoms with Gasteiger partial charge >= 0.3 is 0 Å². The summed E-state index contributed by atoms with van der Waals surface area (Å²) in [5.41, 5.74) is 9.55. The summed E-state index contributed by atoms with van der Waals surface area (Å²) in [5, 5.41) is 0. The summed E-state index contributed by atoms with van der Waals surface area (Å²) in [6, 6.07) is 22.5. The number of fused-ring (bicyclic) bond motifs is 3. The molecule has 51 heavy (non-hydrogen) atoms. The van der Waals surface area contributed by atoms with Crippen LogP contribution in [0.1, 0.15) is 98.9 Å². The Balaban J connectivity index is 1.29. The van der Waals surface area contributed by atoms with Crippen LogP contribution in [0.5, 0.6) is 0 Å². The molecule has 0 amide bonds. The van der Waals surface area contributed by atoms with Gasteiger partial charge in [-0.25, -0.2) is 0 Å². The van der Waals surface area contributed by atoms with Crippen molar-refractivity contribution in [3.63, 3.8) is 0 Å². The minimum absolute atomic E-state index is 0.0210. The number of allylic oxidation sites excluding steroid dienone is 7. The second-order valence-electron chi connectivity index (χ2n) is 14.0. The maximum Gasteiger partial charge on any atom is 0.189 e. The molecule has 3 aliphatic carbocycles. The van der Waals surface area contributed by atoms with Crippen LogP contribution < -0.4 is 0 Å². The largest absolute Gasteiger partial charge is 0.289 e. The Morgan fingerprint density at radius 1 is 0.569 bits per heavy atom. The fourth-order valence-electron chi connectivity index (χ4n) is 7.90. The average molecular weight is 709 g/mol. The van der Waals surface area contributed by atoms with E-state index in [1.54, 1.807) is 40.9 Å². The van der Waals surface area contributed by atoms with E-state index in [-0.39, 0.29) is 28.3 Å². The molecule has 2 heterocycles. The molecule has 258 valence electrons. The van der Waals surface area contributed by atoms with Crippen molar-refractivity contribution in [2.45, 2.75) is 83.5 Å². The van der Waals surface area contributed by atoms with Gasteiger partial charge in [-0.2, -0.15) is 0 Å². The summed E-state index contributed by atoms with van der Waals surface area (Å²) in [7, 11) is 0. The molecular weight excluding hydrogens is 665 g/mol. The zero-order chi connectivity index (χ0) is 35.5. The van der Waals surface area contributed by atoms with Gasteiger partial charge in [-0.15, -0.1) is 22.7 Å². The molecule has 2 aromatic carbocycles. The number of carbonyl (C=O) groups is 3. The minimum atomic E-state index is -0.219. The Labute approximate surface area is 309 Å². The van der Waals surface area contributed by atoms with Crippen molar-refractivity contribution in [1.82, 2.24) is 0 Å². The number of ketones is 3. The van der Waals surface area contributed by atoms with Gasteiger partial charge in [0.2, 0.25) is 0 Å². The number of rotatable bonds is 14. The van der Waals surface area contributed by atoms with Crippen LogP contribution in [0.2, 0.25) is 0 Å². The van der Waals surface area contributed by atoms with Crippen molar-refractivity contribution < 1.29 is 14.4 Å². The van der Waals surface area contributed by atoms with Gasteiger partial charge in [-0.3, -0.25) is 14.4 Å². The van der Waals surface area contributed by atoms with E-state index in [9.17, 15) is 14.4 Å². The Morgan fingerprint density at radius 3 is 1.51 bits per heavy atom. The molecule has 4 aromatic rings. The van der Waals surface area contributed by atoms with Crippen molar-refractivity contribution in [2.75, 3.05) is 0 Å². The quantitative estimate of drug-likeness (QED) is 0.0744. The van der Waals surface area contributed by atoms with Gasteiger partial charge < -0.3 is 0 Å². The monoisotopic (exact) mass is 708 g/mol. The standard InChI is InChI=1S/C46H44O3S2/c1-4-6-8-10-24-46(25-11-9-7-5-2)39-26-31(44-22-15-33(50-44)28-37-30(3)12-19-41(37)47)13-17-35(39)36-18-14-32(27-40(36)46)45-23-16-34(51-45)29-38-42(48)20-21-43(38)49/h12-23,26-29H,3-11,24-25H2,1-2H3/b37-28-. The molecule has 0 bridgehead atoms. The Kier molecular flexibility index (Phi) is 10.3. The van der Waals surface area contributed by atoms with Crippen molar-refractivity contribution >= 4 is 52.2 Å². The van der Waals surface area contributed by atoms with Gasteiger partial charge in [0.05, 0.1) is 5.57 Å². The lowest BCUT2D eigenvalue weighted by atomic mass is 9.70. The molecule has 0 atom stereocenters. The summed E-state index contributed by atoms with van der Waals surface area (Å²) in [4.78, 5) is 41.2. The average Bonchev–Trinajstić information content (AvgIpc) is 3.97. The van der Waals surface area contributed by atoms with Gasteiger partial charge in [-0.1, -0.05) is 102 Å². The van der Waals surface area contributed by atoms with Crippen LogP contribution in [-0.2, 0) is 19.8 Å². The van der Waals surface area contributed by atoms with Crippen LogP contribution in [0.25, 0.3) is 44.2 Å². The van der Waals surface area contributed by atoms with Gasteiger partial charge in [-0.05, 0) is 119 Å². The second kappa shape index (κ2) is 15.0. The van der Waals surface area contributed by atoms with Crippen LogP contribution >= 0.6 is 22.7 Å². The number of carbonyl (C=O) groups excluding carboxylic acids is 3. The smallest absolute Gasteiger partial charge is 0.189 e. The van der Waals surface area contributed by atoms with Gasteiger partial charge in [0.1, 0.15) is 0 Å². The van der Waals surface area contributed by atoms with E-state index in [1.165, 1.54) is 102 Å². The fraction of sp³-hybridized carbons (Fsp3) is 0.283. The molecule has 5 heteroatoms. The molecule has 0 spiro atoms. The van der Waals surface area contributed by atoms with Crippen molar-refractivity contribution in [2.24, 2.45) is 0 Å². The second-order valence-corrected chi connectivity index (χ2v) is 16.3. The lowest BCUT2D eigenvalue weighted by Crippen LogP contribution is -2.25. The zero-order valence-electron chi connectivity index (χ0n) is 29.6. The zero-order valence-corrected chi connectivity index (χ0v) is 31.2. The predicted molar refractivity (Wildman–Crippen MR) is 215 cm³/mol. The molecule has 0 saturated carbocycles. The third-order valence-corrected chi connectivity index (χ3v) is 12.8. The molecule has 0 aliphatic heterocycles. The highest BCUT2D eigenvalue weighted by Gasteiger charge is 2.42. The topological polar surface area (TPSA) is 51.2 Å². The first-order valence-corrected chi connectivity index (χ1v) is 20.1. The Bertz CT molecular complexity index is 1970. The third-order valence-electron chi connectivity index (χ3n) is 10.6. The summed E-state index contributed by atoms with van der Waals surface area (Å²) in [6.07, 6.45) is 21.8. The lowest BCUT2D eigenvalue weighted by Gasteiger charge is -2.33. The molecular formula is C46H44O3S2. The van der Waals surface area contributed by atoms with Crippen LogP contribution in [0.15, 0.2) is 108 Å². The Hall–Kier alpha value is -4.45. The van der Waals surface area contributed by atoms with Crippen molar-refractivity contribution in [3.05, 3.63) is 129 Å². The number of benzene rings is 2. The maximum absolute atomic E-state index is 12.4. The van der Waals surface area contributed by atoms with Crippen molar-refractivity contribution in [3.8, 4) is 32.0 Å². The summed E-state index contributed by atoms with van der Waals surface area (Å²) in [6.45, 7) is 8.60. The number of hydrogen-bond acceptors (Lipinski definition) is 5. The Morgan fingerprint density at radius 2 is 1.04 bits per heavy atom. The lowest BCUT2D eigenvalue weighted by molar-refractivity contribution is -0.115. The number of unbranched alkanes of at least 4 members (excludes halogenated alkanes) is 6. The normalized spacial score (nSPS) is 16.6. The number of hydrogen-bond donors (Lipinski definition) is 0. The van der Waals surface area contributed by atoms with Crippen LogP contribution in [0.3, 0.4) is 0 Å². The number of thiophene rings is 2. The molecule has 2 aromatic heterocycles. The van der Waals surface area contributed by atoms with Crippen LogP contribution in [0.4, 0.5) is 0 Å². The molecule has 0 saturated heterocycles. The van der Waals surface area contributed by atoms with Gasteiger partial charge in [0.25, 0.3) is 0 Å². The molecule has 7 rings (SSSR count). The summed E-state index contributed by atoms with van der Waals surface area (Å²) >= 11 is 3.35. The maximum atomic E-state index is 12.4. The van der Waals surface area contributed by atoms with Crippen molar-refractivity contribution in [1.29, 1.82) is 0 Å². The van der Waals surface area contributed by atoms with Gasteiger partial charge in [0.15, 0.2) is 17.3 Å². The summed E-state index contributed by atoms with van der Waals surface area (Å²) < 4.78 is 0. The molecule has 3 aliphatic rings. The van der Waals surface area contributed by atoms with Crippen LogP contribution in [-0.4, -0.2) is 17.3 Å².